The number of nitrogens with zero attached hydrogens (tertiary/aromatic N) is 1. The molecule has 5 heteroatoms. The molecule has 0 saturated carbocycles. The van der Waals surface area contributed by atoms with Crippen LogP contribution < -0.4 is 10.6 Å². The summed E-state index contributed by atoms with van der Waals surface area (Å²) in [6.45, 7) is 3.56. The smallest absolute Gasteiger partial charge is 0.255 e. The first kappa shape index (κ1) is 16.2. The van der Waals surface area contributed by atoms with E-state index < -0.39 is 0 Å². The quantitative estimate of drug-likeness (QED) is 0.912. The van der Waals surface area contributed by atoms with Gasteiger partial charge in [-0.25, -0.2) is 0 Å². The molecule has 0 aliphatic carbocycles. The summed E-state index contributed by atoms with van der Waals surface area (Å²) >= 11 is 0. The van der Waals surface area contributed by atoms with Crippen LogP contribution in [0.25, 0.3) is 0 Å². The molecule has 124 valence electrons. The minimum atomic E-state index is -0.165. The molecular weight excluding hydrogens is 302 g/mol. The van der Waals surface area contributed by atoms with Gasteiger partial charge in [-0.1, -0.05) is 12.1 Å². The predicted octanol–water partition coefficient (Wildman–Crippen LogP) is 2.55. The van der Waals surface area contributed by atoms with E-state index in [1.165, 1.54) is 10.5 Å². The van der Waals surface area contributed by atoms with Crippen molar-refractivity contribution in [3.05, 3.63) is 64.2 Å². The summed E-state index contributed by atoms with van der Waals surface area (Å²) in [4.78, 5) is 26.2. The molecule has 2 aromatic rings. The molecule has 0 atom stereocenters. The van der Waals surface area contributed by atoms with E-state index >= 15 is 0 Å². The maximum Gasteiger partial charge on any atom is 0.255 e. The Morgan fingerprint density at radius 2 is 1.71 bits per heavy atom. The van der Waals surface area contributed by atoms with Gasteiger partial charge in [0, 0.05) is 44.0 Å². The van der Waals surface area contributed by atoms with Crippen LogP contribution in [0, 0.1) is 6.92 Å². The molecule has 0 fully saturated rings. The fraction of sp³-hybridized carbons (Fsp3) is 0.263. The summed E-state index contributed by atoms with van der Waals surface area (Å²) in [5.74, 6) is -0.253. The van der Waals surface area contributed by atoms with Crippen LogP contribution in [0.2, 0.25) is 0 Å². The van der Waals surface area contributed by atoms with E-state index in [0.717, 1.165) is 24.2 Å². The average molecular weight is 323 g/mol. The van der Waals surface area contributed by atoms with Crippen molar-refractivity contribution >= 4 is 17.5 Å². The average Bonchev–Trinajstić information content (AvgIpc) is 3.03. The van der Waals surface area contributed by atoms with Gasteiger partial charge in [0.05, 0.1) is 0 Å². The molecule has 0 spiro atoms. The van der Waals surface area contributed by atoms with Gasteiger partial charge >= 0.3 is 0 Å². The van der Waals surface area contributed by atoms with Gasteiger partial charge in [0.1, 0.15) is 0 Å². The molecule has 0 aromatic heterocycles. The Morgan fingerprint density at radius 1 is 1.00 bits per heavy atom. The second-order valence-electron chi connectivity index (χ2n) is 6.27. The number of amides is 2. The summed E-state index contributed by atoms with van der Waals surface area (Å²) in [7, 11) is 3.41. The molecule has 5 nitrogen and oxygen atoms in total. The third kappa shape index (κ3) is 3.16. The molecule has 0 saturated heterocycles. The zero-order valence-corrected chi connectivity index (χ0v) is 14.1. The molecular formula is C19H21N3O2. The van der Waals surface area contributed by atoms with Crippen molar-refractivity contribution in [1.82, 2.24) is 10.2 Å². The molecule has 24 heavy (non-hydrogen) atoms. The lowest BCUT2D eigenvalue weighted by molar-refractivity contribution is 0.0827. The molecule has 1 aliphatic heterocycles. The van der Waals surface area contributed by atoms with Gasteiger partial charge in [-0.15, -0.1) is 0 Å². The number of hydrogen-bond acceptors (Lipinski definition) is 3. The molecule has 1 heterocycles. The third-order valence-corrected chi connectivity index (χ3v) is 4.24. The molecule has 3 rings (SSSR count). The zero-order chi connectivity index (χ0) is 17.3. The van der Waals surface area contributed by atoms with Gasteiger partial charge in [0.15, 0.2) is 0 Å². The maximum absolute atomic E-state index is 12.6. The van der Waals surface area contributed by atoms with Crippen molar-refractivity contribution in [2.24, 2.45) is 0 Å². The van der Waals surface area contributed by atoms with Crippen molar-refractivity contribution in [2.45, 2.75) is 20.0 Å². The van der Waals surface area contributed by atoms with Crippen LogP contribution in [0.1, 0.15) is 37.4 Å². The summed E-state index contributed by atoms with van der Waals surface area (Å²) in [6, 6.07) is 11.1. The number of fused-ring (bicyclic) bond motifs is 1. The Balaban J connectivity index is 1.84. The van der Waals surface area contributed by atoms with Crippen molar-refractivity contribution in [3.63, 3.8) is 0 Å². The van der Waals surface area contributed by atoms with Gasteiger partial charge in [0.25, 0.3) is 11.8 Å². The second kappa shape index (κ2) is 6.45. The van der Waals surface area contributed by atoms with Crippen molar-refractivity contribution in [2.75, 3.05) is 19.4 Å². The first-order valence-corrected chi connectivity index (χ1v) is 7.92. The van der Waals surface area contributed by atoms with Crippen LogP contribution in [0.5, 0.6) is 0 Å². The van der Waals surface area contributed by atoms with Crippen LogP contribution in [0.3, 0.4) is 0 Å². The number of carbonyl (C=O) groups is 2. The molecule has 0 radical (unpaired) electrons. The highest BCUT2D eigenvalue weighted by Gasteiger charge is 2.15. The van der Waals surface area contributed by atoms with E-state index in [0.29, 0.717) is 16.8 Å². The number of benzene rings is 2. The second-order valence-corrected chi connectivity index (χ2v) is 6.27. The molecule has 2 amide bonds. The fourth-order valence-corrected chi connectivity index (χ4v) is 2.78. The van der Waals surface area contributed by atoms with Gasteiger partial charge in [0.2, 0.25) is 0 Å². The minimum Gasteiger partial charge on any atom is -0.345 e. The van der Waals surface area contributed by atoms with Crippen molar-refractivity contribution in [3.8, 4) is 0 Å². The summed E-state index contributed by atoms with van der Waals surface area (Å²) in [5, 5.41) is 6.19. The Morgan fingerprint density at radius 3 is 2.46 bits per heavy atom. The lowest BCUT2D eigenvalue weighted by atomic mass is 10.1. The van der Waals surface area contributed by atoms with Crippen LogP contribution in [-0.4, -0.2) is 30.8 Å². The zero-order valence-electron chi connectivity index (χ0n) is 14.1. The van der Waals surface area contributed by atoms with Crippen LogP contribution in [0.4, 0.5) is 5.69 Å². The van der Waals surface area contributed by atoms with E-state index in [9.17, 15) is 9.59 Å². The molecule has 2 N–H and O–H groups in total. The number of carbonyl (C=O) groups excluding carboxylic acids is 2. The minimum absolute atomic E-state index is 0.0888. The van der Waals surface area contributed by atoms with E-state index in [1.807, 2.05) is 31.2 Å². The normalized spacial score (nSPS) is 12.6. The van der Waals surface area contributed by atoms with Crippen LogP contribution >= 0.6 is 0 Å². The first-order valence-electron chi connectivity index (χ1n) is 7.92. The monoisotopic (exact) mass is 323 g/mol. The fourth-order valence-electron chi connectivity index (χ4n) is 2.78. The van der Waals surface area contributed by atoms with Crippen LogP contribution in [-0.2, 0) is 13.1 Å². The Bertz CT molecular complexity index is 812. The highest BCUT2D eigenvalue weighted by Crippen LogP contribution is 2.21. The highest BCUT2D eigenvalue weighted by molar-refractivity contribution is 6.05. The standard InChI is InChI=1S/C19H21N3O2/c1-12-4-5-14(19(24)22(2)3)9-17(12)21-18(23)13-6-7-15-10-20-11-16(15)8-13/h4-9,20H,10-11H2,1-3H3,(H,21,23). The third-order valence-electron chi connectivity index (χ3n) is 4.24. The SMILES string of the molecule is Cc1ccc(C(=O)N(C)C)cc1NC(=O)c1ccc2c(c1)CNC2. The summed E-state index contributed by atoms with van der Waals surface area (Å²) < 4.78 is 0. The highest BCUT2D eigenvalue weighted by atomic mass is 16.2. The lowest BCUT2D eigenvalue weighted by Crippen LogP contribution is -2.22. The lowest BCUT2D eigenvalue weighted by Gasteiger charge is -2.14. The van der Waals surface area contributed by atoms with Crippen LogP contribution in [0.15, 0.2) is 36.4 Å². The Hall–Kier alpha value is -2.66. The largest absolute Gasteiger partial charge is 0.345 e. The number of rotatable bonds is 3. The summed E-state index contributed by atoms with van der Waals surface area (Å²) in [6.07, 6.45) is 0. The van der Waals surface area contributed by atoms with E-state index in [1.54, 1.807) is 26.2 Å². The van der Waals surface area contributed by atoms with Gasteiger partial charge < -0.3 is 15.5 Å². The molecule has 0 unspecified atom stereocenters. The number of aryl methyl sites for hydroxylation is 1. The Labute approximate surface area is 141 Å². The summed E-state index contributed by atoms with van der Waals surface area (Å²) in [5.41, 5.74) is 5.16. The number of anilines is 1. The van der Waals surface area contributed by atoms with E-state index in [2.05, 4.69) is 10.6 Å². The van der Waals surface area contributed by atoms with E-state index in [4.69, 9.17) is 0 Å². The topological polar surface area (TPSA) is 61.4 Å². The van der Waals surface area contributed by atoms with Crippen molar-refractivity contribution in [1.29, 1.82) is 0 Å². The molecule has 2 aromatic carbocycles. The van der Waals surface area contributed by atoms with Gasteiger partial charge in [-0.05, 0) is 47.9 Å². The maximum atomic E-state index is 12.6. The predicted molar refractivity (Wildman–Crippen MR) is 94.1 cm³/mol. The molecule has 0 bridgehead atoms. The first-order chi connectivity index (χ1) is 11.5. The van der Waals surface area contributed by atoms with Crippen molar-refractivity contribution < 1.29 is 9.59 Å². The van der Waals surface area contributed by atoms with Gasteiger partial charge in [-0.2, -0.15) is 0 Å². The number of hydrogen-bond donors (Lipinski definition) is 2. The van der Waals surface area contributed by atoms with Gasteiger partial charge in [-0.3, -0.25) is 9.59 Å². The Kier molecular flexibility index (Phi) is 4.36. The molecule has 1 aliphatic rings. The van der Waals surface area contributed by atoms with E-state index in [-0.39, 0.29) is 11.8 Å². The number of nitrogens with one attached hydrogen (secondary N) is 2.